The number of carbonyl (C=O) groups is 2. The zero-order valence-corrected chi connectivity index (χ0v) is 9.60. The molecule has 0 saturated heterocycles. The molecule has 0 aromatic carbocycles. The fourth-order valence-corrected chi connectivity index (χ4v) is 1.04. The van der Waals surface area contributed by atoms with Crippen LogP contribution >= 0.6 is 0 Å². The third kappa shape index (κ3) is 4.46. The Hall–Kier alpha value is -2.17. The van der Waals surface area contributed by atoms with Gasteiger partial charge in [0, 0.05) is 18.4 Å². The van der Waals surface area contributed by atoms with E-state index >= 15 is 0 Å². The van der Waals surface area contributed by atoms with Gasteiger partial charge in [-0.1, -0.05) is 6.08 Å². The van der Waals surface area contributed by atoms with E-state index < -0.39 is 5.97 Å². The van der Waals surface area contributed by atoms with Crippen molar-refractivity contribution in [3.8, 4) is 0 Å². The van der Waals surface area contributed by atoms with Crippen LogP contribution in [0.1, 0.15) is 16.1 Å². The van der Waals surface area contributed by atoms with E-state index in [1.165, 1.54) is 6.20 Å². The van der Waals surface area contributed by atoms with Gasteiger partial charge in [-0.2, -0.15) is 0 Å². The van der Waals surface area contributed by atoms with Crippen molar-refractivity contribution in [3.05, 3.63) is 42.2 Å². The average Bonchev–Trinajstić information content (AvgIpc) is 2.34. The molecule has 1 N–H and O–H groups in total. The number of ether oxygens (including phenoxy) is 1. The zero-order chi connectivity index (χ0) is 12.7. The molecule has 1 aromatic rings. The zero-order valence-electron chi connectivity index (χ0n) is 9.60. The number of amides is 1. The van der Waals surface area contributed by atoms with Gasteiger partial charge in [-0.25, -0.2) is 4.79 Å². The van der Waals surface area contributed by atoms with Gasteiger partial charge in [-0.15, -0.1) is 6.58 Å². The van der Waals surface area contributed by atoms with Crippen LogP contribution in [0.25, 0.3) is 0 Å². The Morgan fingerprint density at radius 2 is 2.29 bits per heavy atom. The molecular formula is C12H14N2O3. The summed E-state index contributed by atoms with van der Waals surface area (Å²) < 4.78 is 4.80. The van der Waals surface area contributed by atoms with Crippen LogP contribution in [-0.4, -0.2) is 30.0 Å². The fraction of sp³-hybridized carbons (Fsp3) is 0.250. The number of hydrogen-bond acceptors (Lipinski definition) is 4. The largest absolute Gasteiger partial charge is 0.452 e. The van der Waals surface area contributed by atoms with Gasteiger partial charge in [0.25, 0.3) is 5.91 Å². The molecule has 0 unspecified atom stereocenters. The fourth-order valence-electron chi connectivity index (χ4n) is 1.04. The van der Waals surface area contributed by atoms with E-state index in [9.17, 15) is 9.59 Å². The highest BCUT2D eigenvalue weighted by Gasteiger charge is 2.09. The van der Waals surface area contributed by atoms with E-state index in [4.69, 9.17) is 4.74 Å². The summed E-state index contributed by atoms with van der Waals surface area (Å²) in [5, 5.41) is 2.50. The number of aromatic nitrogens is 1. The van der Waals surface area contributed by atoms with E-state index in [2.05, 4.69) is 16.9 Å². The van der Waals surface area contributed by atoms with Crippen molar-refractivity contribution in [2.75, 3.05) is 13.2 Å². The summed E-state index contributed by atoms with van der Waals surface area (Å²) in [6, 6.07) is 3.31. The van der Waals surface area contributed by atoms with Gasteiger partial charge in [0.15, 0.2) is 6.61 Å². The molecule has 0 spiro atoms. The maximum atomic E-state index is 11.5. The first kappa shape index (κ1) is 12.9. The molecule has 17 heavy (non-hydrogen) atoms. The summed E-state index contributed by atoms with van der Waals surface area (Å²) in [6.45, 7) is 5.31. The van der Waals surface area contributed by atoms with E-state index in [-0.39, 0.29) is 12.5 Å². The lowest BCUT2D eigenvalue weighted by atomic mass is 10.2. The summed E-state index contributed by atoms with van der Waals surface area (Å²) in [7, 11) is 0. The smallest absolute Gasteiger partial charge is 0.340 e. The lowest BCUT2D eigenvalue weighted by Crippen LogP contribution is -2.28. The monoisotopic (exact) mass is 234 g/mol. The van der Waals surface area contributed by atoms with Crippen LogP contribution in [0.2, 0.25) is 0 Å². The summed E-state index contributed by atoms with van der Waals surface area (Å²) in [5.74, 6) is -0.926. The van der Waals surface area contributed by atoms with E-state index in [0.717, 1.165) is 5.69 Å². The number of esters is 1. The lowest BCUT2D eigenvalue weighted by molar-refractivity contribution is -0.124. The average molecular weight is 234 g/mol. The van der Waals surface area contributed by atoms with Crippen LogP contribution in [0.15, 0.2) is 31.0 Å². The highest BCUT2D eigenvalue weighted by atomic mass is 16.5. The summed E-state index contributed by atoms with van der Waals surface area (Å²) in [5.41, 5.74) is 1.14. The molecular weight excluding hydrogens is 220 g/mol. The van der Waals surface area contributed by atoms with Crippen molar-refractivity contribution in [3.63, 3.8) is 0 Å². The van der Waals surface area contributed by atoms with Crippen molar-refractivity contribution in [1.82, 2.24) is 10.3 Å². The van der Waals surface area contributed by atoms with Crippen LogP contribution in [0.5, 0.6) is 0 Å². The summed E-state index contributed by atoms with van der Waals surface area (Å²) in [4.78, 5) is 26.6. The standard InChI is InChI=1S/C12H14N2O3/c1-3-6-13-11(15)8-17-12(16)10-5-4-9(2)14-7-10/h3-5,7H,1,6,8H2,2H3,(H,13,15). The molecule has 5 nitrogen and oxygen atoms in total. The quantitative estimate of drug-likeness (QED) is 0.605. The number of aryl methyl sites for hydroxylation is 1. The minimum absolute atomic E-state index is 0.305. The first-order chi connectivity index (χ1) is 8.13. The maximum Gasteiger partial charge on any atom is 0.340 e. The number of pyridine rings is 1. The Morgan fingerprint density at radius 3 is 2.88 bits per heavy atom. The lowest BCUT2D eigenvalue weighted by Gasteiger charge is -2.04. The number of rotatable bonds is 5. The van der Waals surface area contributed by atoms with Gasteiger partial charge in [0.2, 0.25) is 0 Å². The molecule has 0 bridgehead atoms. The molecule has 1 rings (SSSR count). The molecule has 0 aliphatic carbocycles. The first-order valence-electron chi connectivity index (χ1n) is 5.11. The first-order valence-corrected chi connectivity index (χ1v) is 5.11. The van der Waals surface area contributed by atoms with Crippen LogP contribution in [-0.2, 0) is 9.53 Å². The van der Waals surface area contributed by atoms with E-state index in [0.29, 0.717) is 12.1 Å². The van der Waals surface area contributed by atoms with Gasteiger partial charge < -0.3 is 10.1 Å². The SMILES string of the molecule is C=CCNC(=O)COC(=O)c1ccc(C)nc1. The van der Waals surface area contributed by atoms with E-state index in [1.807, 2.05) is 6.92 Å². The molecule has 1 aromatic heterocycles. The molecule has 5 heteroatoms. The summed E-state index contributed by atoms with van der Waals surface area (Å²) >= 11 is 0. The predicted octanol–water partition coefficient (Wildman–Crippen LogP) is 0.849. The van der Waals surface area contributed by atoms with Gasteiger partial charge >= 0.3 is 5.97 Å². The van der Waals surface area contributed by atoms with Crippen LogP contribution in [0.3, 0.4) is 0 Å². The minimum Gasteiger partial charge on any atom is -0.452 e. The molecule has 0 aliphatic rings. The number of nitrogens with one attached hydrogen (secondary N) is 1. The third-order valence-corrected chi connectivity index (χ3v) is 1.92. The molecule has 1 amide bonds. The second kappa shape index (κ2) is 6.42. The Bertz CT molecular complexity index is 412. The van der Waals surface area contributed by atoms with Crippen molar-refractivity contribution < 1.29 is 14.3 Å². The van der Waals surface area contributed by atoms with Crippen molar-refractivity contribution in [2.45, 2.75) is 6.92 Å². The Morgan fingerprint density at radius 1 is 1.53 bits per heavy atom. The van der Waals surface area contributed by atoms with Crippen molar-refractivity contribution >= 4 is 11.9 Å². The van der Waals surface area contributed by atoms with E-state index in [1.54, 1.807) is 18.2 Å². The van der Waals surface area contributed by atoms with Crippen molar-refractivity contribution in [2.24, 2.45) is 0 Å². The molecule has 0 atom stereocenters. The topological polar surface area (TPSA) is 68.3 Å². The van der Waals surface area contributed by atoms with Gasteiger partial charge in [0.1, 0.15) is 0 Å². The number of hydrogen-bond donors (Lipinski definition) is 1. The van der Waals surface area contributed by atoms with Gasteiger partial charge in [-0.3, -0.25) is 9.78 Å². The molecule has 0 saturated carbocycles. The Labute approximate surface area is 99.5 Å². The second-order valence-corrected chi connectivity index (χ2v) is 3.36. The van der Waals surface area contributed by atoms with Crippen molar-refractivity contribution in [1.29, 1.82) is 0 Å². The second-order valence-electron chi connectivity index (χ2n) is 3.36. The number of carbonyl (C=O) groups excluding carboxylic acids is 2. The molecule has 0 fully saturated rings. The van der Waals surface area contributed by atoms with Gasteiger partial charge in [-0.05, 0) is 19.1 Å². The van der Waals surface area contributed by atoms with Crippen LogP contribution in [0, 0.1) is 6.92 Å². The highest BCUT2D eigenvalue weighted by molar-refractivity contribution is 5.90. The molecule has 0 aliphatic heterocycles. The Kier molecular flexibility index (Phi) is 4.87. The number of nitrogens with zero attached hydrogens (tertiary/aromatic N) is 1. The minimum atomic E-state index is -0.564. The normalized spacial score (nSPS) is 9.47. The van der Waals surface area contributed by atoms with Gasteiger partial charge in [0.05, 0.1) is 5.56 Å². The highest BCUT2D eigenvalue weighted by Crippen LogP contribution is 2.01. The van der Waals surface area contributed by atoms with Crippen LogP contribution in [0.4, 0.5) is 0 Å². The third-order valence-electron chi connectivity index (χ3n) is 1.92. The maximum absolute atomic E-state index is 11.5. The molecule has 0 radical (unpaired) electrons. The molecule has 90 valence electrons. The van der Waals surface area contributed by atoms with Crippen LogP contribution < -0.4 is 5.32 Å². The Balaban J connectivity index is 2.42. The molecule has 1 heterocycles. The summed E-state index contributed by atoms with van der Waals surface area (Å²) in [6.07, 6.45) is 2.96. The predicted molar refractivity (Wildman–Crippen MR) is 62.5 cm³/mol.